The van der Waals surface area contributed by atoms with Crippen LogP contribution in [0.5, 0.6) is 0 Å². The highest BCUT2D eigenvalue weighted by molar-refractivity contribution is 4.86. The SMILES string of the molecule is CC(C)(N)CCN1CCC(CF)(CF)CC1. The Hall–Kier alpha value is -0.220. The van der Waals surface area contributed by atoms with Crippen LogP contribution in [0.2, 0.25) is 0 Å². The molecule has 1 aliphatic rings. The van der Waals surface area contributed by atoms with Gasteiger partial charge in [0.15, 0.2) is 0 Å². The Kier molecular flexibility index (Phi) is 4.68. The van der Waals surface area contributed by atoms with Gasteiger partial charge in [0, 0.05) is 11.0 Å². The van der Waals surface area contributed by atoms with Crippen molar-refractivity contribution >= 4 is 0 Å². The number of likely N-dealkylation sites (tertiary alicyclic amines) is 1. The summed E-state index contributed by atoms with van der Waals surface area (Å²) < 4.78 is 25.5. The first-order valence-corrected chi connectivity index (χ1v) is 6.04. The minimum absolute atomic E-state index is 0.158. The quantitative estimate of drug-likeness (QED) is 0.789. The number of halogens is 2. The zero-order chi connectivity index (χ0) is 12.2. The molecule has 1 fully saturated rings. The maximum absolute atomic E-state index is 12.8. The summed E-state index contributed by atoms with van der Waals surface area (Å²) in [5.74, 6) is 0. The molecule has 1 saturated heterocycles. The Morgan fingerprint density at radius 3 is 2.06 bits per heavy atom. The molecule has 0 radical (unpaired) electrons. The molecule has 0 aromatic rings. The fraction of sp³-hybridized carbons (Fsp3) is 1.00. The first-order valence-electron chi connectivity index (χ1n) is 6.04. The third-order valence-corrected chi connectivity index (χ3v) is 3.56. The molecule has 4 heteroatoms. The van der Waals surface area contributed by atoms with E-state index < -0.39 is 18.8 Å². The van der Waals surface area contributed by atoms with E-state index in [1.165, 1.54) is 0 Å². The van der Waals surface area contributed by atoms with Gasteiger partial charge in [0.25, 0.3) is 0 Å². The minimum atomic E-state index is -0.686. The largest absolute Gasteiger partial charge is 0.326 e. The Balaban J connectivity index is 2.32. The van der Waals surface area contributed by atoms with Gasteiger partial charge < -0.3 is 10.6 Å². The third kappa shape index (κ3) is 3.98. The van der Waals surface area contributed by atoms with Gasteiger partial charge in [-0.15, -0.1) is 0 Å². The summed E-state index contributed by atoms with van der Waals surface area (Å²) in [7, 11) is 0. The van der Waals surface area contributed by atoms with E-state index in [9.17, 15) is 8.78 Å². The van der Waals surface area contributed by atoms with E-state index in [1.807, 2.05) is 13.8 Å². The van der Waals surface area contributed by atoms with Crippen LogP contribution in [-0.4, -0.2) is 43.4 Å². The summed E-state index contributed by atoms with van der Waals surface area (Å²) in [5.41, 5.74) is 5.07. The number of rotatable bonds is 5. The van der Waals surface area contributed by atoms with E-state index in [1.54, 1.807) is 0 Å². The Morgan fingerprint density at radius 2 is 1.69 bits per heavy atom. The predicted molar refractivity (Wildman–Crippen MR) is 62.9 cm³/mol. The van der Waals surface area contributed by atoms with Crippen molar-refractivity contribution in [3.8, 4) is 0 Å². The molecule has 0 amide bonds. The number of hydrogen-bond acceptors (Lipinski definition) is 2. The van der Waals surface area contributed by atoms with Crippen molar-refractivity contribution in [3.63, 3.8) is 0 Å². The van der Waals surface area contributed by atoms with Crippen LogP contribution in [0.15, 0.2) is 0 Å². The van der Waals surface area contributed by atoms with Crippen molar-refractivity contribution in [2.75, 3.05) is 33.0 Å². The van der Waals surface area contributed by atoms with E-state index in [0.29, 0.717) is 12.8 Å². The standard InChI is InChI=1S/C12H24F2N2/c1-11(2,15)3-6-16-7-4-12(9-13,10-14)5-8-16/h3-10,15H2,1-2H3. The first-order chi connectivity index (χ1) is 7.41. The zero-order valence-electron chi connectivity index (χ0n) is 10.4. The summed E-state index contributed by atoms with van der Waals surface area (Å²) in [6.45, 7) is 5.47. The van der Waals surface area contributed by atoms with Gasteiger partial charge >= 0.3 is 0 Å². The predicted octanol–water partition coefficient (Wildman–Crippen LogP) is 2.13. The van der Waals surface area contributed by atoms with Crippen molar-refractivity contribution in [2.24, 2.45) is 11.1 Å². The summed E-state index contributed by atoms with van der Waals surface area (Å²) >= 11 is 0. The average Bonchev–Trinajstić information content (AvgIpc) is 2.26. The van der Waals surface area contributed by atoms with Crippen molar-refractivity contribution in [3.05, 3.63) is 0 Å². The lowest BCUT2D eigenvalue weighted by molar-refractivity contribution is 0.0521. The monoisotopic (exact) mass is 234 g/mol. The number of piperidine rings is 1. The molecule has 1 aliphatic heterocycles. The number of nitrogens with two attached hydrogens (primary N) is 1. The summed E-state index contributed by atoms with van der Waals surface area (Å²) in [6, 6.07) is 0. The molecule has 0 unspecified atom stereocenters. The Labute approximate surface area is 97.2 Å². The van der Waals surface area contributed by atoms with E-state index in [2.05, 4.69) is 4.90 Å². The number of nitrogens with zero attached hydrogens (tertiary/aromatic N) is 1. The lowest BCUT2D eigenvalue weighted by Gasteiger charge is -2.39. The highest BCUT2D eigenvalue weighted by Crippen LogP contribution is 2.32. The minimum Gasteiger partial charge on any atom is -0.326 e. The van der Waals surface area contributed by atoms with E-state index in [-0.39, 0.29) is 5.54 Å². The molecule has 0 saturated carbocycles. The van der Waals surface area contributed by atoms with Crippen LogP contribution in [0.1, 0.15) is 33.1 Å². The number of hydrogen-bond donors (Lipinski definition) is 1. The first kappa shape index (κ1) is 13.8. The Bertz CT molecular complexity index is 200. The second-order valence-corrected chi connectivity index (χ2v) is 5.85. The zero-order valence-corrected chi connectivity index (χ0v) is 10.4. The normalized spacial score (nSPS) is 22.3. The van der Waals surface area contributed by atoms with E-state index >= 15 is 0 Å². The molecule has 16 heavy (non-hydrogen) atoms. The molecule has 0 aromatic carbocycles. The van der Waals surface area contributed by atoms with Crippen molar-refractivity contribution in [1.82, 2.24) is 4.90 Å². The molecule has 0 spiro atoms. The van der Waals surface area contributed by atoms with E-state index in [4.69, 9.17) is 5.73 Å². The third-order valence-electron chi connectivity index (χ3n) is 3.56. The molecule has 0 aliphatic carbocycles. The molecular formula is C12H24F2N2. The maximum Gasteiger partial charge on any atom is 0.0976 e. The van der Waals surface area contributed by atoms with Crippen LogP contribution >= 0.6 is 0 Å². The van der Waals surface area contributed by atoms with Crippen LogP contribution in [-0.2, 0) is 0 Å². The van der Waals surface area contributed by atoms with Crippen LogP contribution in [0.4, 0.5) is 8.78 Å². The fourth-order valence-corrected chi connectivity index (χ4v) is 2.00. The van der Waals surface area contributed by atoms with Gasteiger partial charge in [0.2, 0.25) is 0 Å². The van der Waals surface area contributed by atoms with Crippen molar-refractivity contribution < 1.29 is 8.78 Å². The molecular weight excluding hydrogens is 210 g/mol. The van der Waals surface area contributed by atoms with Gasteiger partial charge in [-0.3, -0.25) is 8.78 Å². The van der Waals surface area contributed by atoms with Crippen LogP contribution in [0.3, 0.4) is 0 Å². The second-order valence-electron chi connectivity index (χ2n) is 5.85. The van der Waals surface area contributed by atoms with Crippen LogP contribution in [0, 0.1) is 5.41 Å². The smallest absolute Gasteiger partial charge is 0.0976 e. The van der Waals surface area contributed by atoms with E-state index in [0.717, 1.165) is 26.1 Å². The van der Waals surface area contributed by atoms with Gasteiger partial charge in [0.05, 0.1) is 13.3 Å². The lowest BCUT2D eigenvalue weighted by atomic mass is 9.81. The van der Waals surface area contributed by atoms with Gasteiger partial charge in [-0.1, -0.05) is 0 Å². The summed E-state index contributed by atoms with van der Waals surface area (Å²) in [6.07, 6.45) is 2.18. The van der Waals surface area contributed by atoms with Gasteiger partial charge in [-0.25, -0.2) is 0 Å². The average molecular weight is 234 g/mol. The van der Waals surface area contributed by atoms with Gasteiger partial charge in [0.1, 0.15) is 0 Å². The molecule has 1 rings (SSSR count). The van der Waals surface area contributed by atoms with Crippen molar-refractivity contribution in [1.29, 1.82) is 0 Å². The molecule has 0 atom stereocenters. The highest BCUT2D eigenvalue weighted by Gasteiger charge is 2.34. The van der Waals surface area contributed by atoms with Gasteiger partial charge in [-0.2, -0.15) is 0 Å². The molecule has 0 bridgehead atoms. The van der Waals surface area contributed by atoms with Gasteiger partial charge in [-0.05, 0) is 52.7 Å². The molecule has 2 nitrogen and oxygen atoms in total. The molecule has 0 aromatic heterocycles. The Morgan fingerprint density at radius 1 is 1.19 bits per heavy atom. The number of alkyl halides is 2. The van der Waals surface area contributed by atoms with Crippen LogP contribution < -0.4 is 5.73 Å². The fourth-order valence-electron chi connectivity index (χ4n) is 2.00. The topological polar surface area (TPSA) is 29.3 Å². The summed E-state index contributed by atoms with van der Waals surface area (Å²) in [4.78, 5) is 2.26. The summed E-state index contributed by atoms with van der Waals surface area (Å²) in [5, 5.41) is 0. The molecule has 1 heterocycles. The second kappa shape index (κ2) is 5.41. The molecule has 96 valence electrons. The maximum atomic E-state index is 12.8. The van der Waals surface area contributed by atoms with Crippen molar-refractivity contribution in [2.45, 2.75) is 38.6 Å². The lowest BCUT2D eigenvalue weighted by Crippen LogP contribution is -2.45. The van der Waals surface area contributed by atoms with Crippen LogP contribution in [0.25, 0.3) is 0 Å². The molecule has 2 N–H and O–H groups in total. The highest BCUT2D eigenvalue weighted by atomic mass is 19.1.